The third-order valence-electron chi connectivity index (χ3n) is 3.84. The standard InChI is InChI=1S/C20H21N3O3.ClH/c1-3-25-15-7-8-18-16(10-15)19(17(13-22-18)20(24)26-4-2)23-12-14-6-5-9-21-11-14;/h5-11,13H,3-4,12H2,1-2H3,(H,22,23);1H/p-1. The molecule has 1 aromatic carbocycles. The number of hydrogen-bond donors (Lipinski definition) is 1. The summed E-state index contributed by atoms with van der Waals surface area (Å²) < 4.78 is 10.8. The van der Waals surface area contributed by atoms with Crippen LogP contribution in [0.4, 0.5) is 5.69 Å². The molecule has 0 aliphatic heterocycles. The molecule has 3 aromatic rings. The van der Waals surface area contributed by atoms with Gasteiger partial charge in [-0.3, -0.25) is 9.97 Å². The number of nitrogens with one attached hydrogen (secondary N) is 1. The van der Waals surface area contributed by atoms with E-state index in [1.807, 2.05) is 37.3 Å². The fourth-order valence-electron chi connectivity index (χ4n) is 2.68. The minimum Gasteiger partial charge on any atom is -1.00 e. The van der Waals surface area contributed by atoms with Crippen molar-refractivity contribution in [1.82, 2.24) is 9.97 Å². The highest BCUT2D eigenvalue weighted by Gasteiger charge is 2.17. The first-order valence-corrected chi connectivity index (χ1v) is 8.58. The van der Waals surface area contributed by atoms with Crippen molar-refractivity contribution in [3.8, 4) is 5.75 Å². The second-order valence-electron chi connectivity index (χ2n) is 5.59. The zero-order valence-corrected chi connectivity index (χ0v) is 16.0. The summed E-state index contributed by atoms with van der Waals surface area (Å²) in [5.74, 6) is 0.324. The van der Waals surface area contributed by atoms with Gasteiger partial charge in [0.2, 0.25) is 0 Å². The molecule has 3 rings (SSSR count). The zero-order valence-electron chi connectivity index (χ0n) is 15.2. The average molecular weight is 387 g/mol. The summed E-state index contributed by atoms with van der Waals surface area (Å²) in [6, 6.07) is 9.48. The SMILES string of the molecule is CCOC(=O)c1cnc2ccc(OCC)cc2c1NCc1cccnc1.[Cl-]. The molecule has 2 heterocycles. The van der Waals surface area contributed by atoms with Crippen LogP contribution in [-0.2, 0) is 11.3 Å². The van der Waals surface area contributed by atoms with E-state index in [1.165, 1.54) is 0 Å². The van der Waals surface area contributed by atoms with E-state index in [4.69, 9.17) is 9.47 Å². The maximum absolute atomic E-state index is 12.4. The molecule has 0 fully saturated rings. The summed E-state index contributed by atoms with van der Waals surface area (Å²) in [7, 11) is 0. The number of carbonyl (C=O) groups excluding carboxylic acids is 1. The van der Waals surface area contributed by atoms with Crippen molar-refractivity contribution in [2.24, 2.45) is 0 Å². The Morgan fingerprint density at radius 2 is 2.00 bits per heavy atom. The van der Waals surface area contributed by atoms with Crippen LogP contribution < -0.4 is 22.5 Å². The monoisotopic (exact) mass is 386 g/mol. The van der Waals surface area contributed by atoms with Crippen LogP contribution in [0, 0.1) is 0 Å². The topological polar surface area (TPSA) is 73.3 Å². The molecule has 0 amide bonds. The molecule has 0 aliphatic rings. The fraction of sp³-hybridized carbons (Fsp3) is 0.250. The Bertz CT molecular complexity index is 904. The Kier molecular flexibility index (Phi) is 7.37. The minimum atomic E-state index is -0.405. The molecule has 0 bridgehead atoms. The number of anilines is 1. The largest absolute Gasteiger partial charge is 1.00 e. The molecule has 7 heteroatoms. The Labute approximate surface area is 164 Å². The molecule has 1 N–H and O–H groups in total. The molecule has 0 radical (unpaired) electrons. The number of fused-ring (bicyclic) bond motifs is 1. The van der Waals surface area contributed by atoms with Crippen LogP contribution in [0.3, 0.4) is 0 Å². The lowest BCUT2D eigenvalue weighted by atomic mass is 10.1. The Morgan fingerprint density at radius 3 is 2.70 bits per heavy atom. The maximum Gasteiger partial charge on any atom is 0.341 e. The van der Waals surface area contributed by atoms with Crippen molar-refractivity contribution in [2.75, 3.05) is 18.5 Å². The number of hydrogen-bond acceptors (Lipinski definition) is 6. The fourth-order valence-corrected chi connectivity index (χ4v) is 2.68. The van der Waals surface area contributed by atoms with Crippen LogP contribution in [0.2, 0.25) is 0 Å². The molecule has 142 valence electrons. The number of pyridine rings is 2. The normalized spacial score (nSPS) is 10.1. The van der Waals surface area contributed by atoms with E-state index in [0.29, 0.717) is 31.0 Å². The first-order chi connectivity index (χ1) is 12.7. The van der Waals surface area contributed by atoms with E-state index in [1.54, 1.807) is 25.5 Å². The zero-order chi connectivity index (χ0) is 18.4. The van der Waals surface area contributed by atoms with Gasteiger partial charge in [-0.15, -0.1) is 0 Å². The van der Waals surface area contributed by atoms with Gasteiger partial charge in [-0.2, -0.15) is 0 Å². The van der Waals surface area contributed by atoms with Gasteiger partial charge in [0.15, 0.2) is 0 Å². The van der Waals surface area contributed by atoms with Gasteiger partial charge in [0.25, 0.3) is 0 Å². The van der Waals surface area contributed by atoms with E-state index in [9.17, 15) is 4.79 Å². The quantitative estimate of drug-likeness (QED) is 0.606. The predicted molar refractivity (Wildman–Crippen MR) is 100 cm³/mol. The van der Waals surface area contributed by atoms with Gasteiger partial charge in [-0.25, -0.2) is 4.79 Å². The Morgan fingerprint density at radius 1 is 1.15 bits per heavy atom. The van der Waals surface area contributed by atoms with Gasteiger partial charge in [0, 0.05) is 30.5 Å². The van der Waals surface area contributed by atoms with E-state index < -0.39 is 5.97 Å². The number of nitrogens with zero attached hydrogens (tertiary/aromatic N) is 2. The molecular formula is C20H21ClN3O3-. The van der Waals surface area contributed by atoms with Crippen molar-refractivity contribution in [1.29, 1.82) is 0 Å². The number of carbonyl (C=O) groups is 1. The summed E-state index contributed by atoms with van der Waals surface area (Å²) in [5.41, 5.74) is 2.86. The second kappa shape index (κ2) is 9.73. The molecule has 0 atom stereocenters. The number of ether oxygens (including phenoxy) is 2. The van der Waals surface area contributed by atoms with Crippen molar-refractivity contribution in [2.45, 2.75) is 20.4 Å². The van der Waals surface area contributed by atoms with Crippen LogP contribution in [-0.4, -0.2) is 29.2 Å². The van der Waals surface area contributed by atoms with Gasteiger partial charge >= 0.3 is 5.97 Å². The summed E-state index contributed by atoms with van der Waals surface area (Å²) in [6.07, 6.45) is 5.06. The number of aromatic nitrogens is 2. The predicted octanol–water partition coefficient (Wildman–Crippen LogP) is 0.821. The van der Waals surface area contributed by atoms with Crippen molar-refractivity contribution >= 4 is 22.6 Å². The Hall–Kier alpha value is -2.86. The van der Waals surface area contributed by atoms with E-state index in [-0.39, 0.29) is 12.4 Å². The molecule has 2 aromatic heterocycles. The lowest BCUT2D eigenvalue weighted by Crippen LogP contribution is -3.00. The Balaban J connectivity index is 0.00000261. The highest BCUT2D eigenvalue weighted by atomic mass is 35.5. The van der Waals surface area contributed by atoms with Gasteiger partial charge in [-0.05, 0) is 43.7 Å². The maximum atomic E-state index is 12.4. The molecule has 0 spiro atoms. The molecule has 0 aliphatic carbocycles. The van der Waals surface area contributed by atoms with Crippen LogP contribution in [0.5, 0.6) is 5.75 Å². The van der Waals surface area contributed by atoms with Gasteiger partial charge in [0.05, 0.1) is 24.4 Å². The molecule has 0 saturated heterocycles. The first kappa shape index (κ1) is 20.5. The molecular weight excluding hydrogens is 366 g/mol. The summed E-state index contributed by atoms with van der Waals surface area (Å²) in [5, 5.41) is 4.16. The van der Waals surface area contributed by atoms with Crippen molar-refractivity contribution in [3.63, 3.8) is 0 Å². The molecule has 6 nitrogen and oxygen atoms in total. The third-order valence-corrected chi connectivity index (χ3v) is 3.84. The summed E-state index contributed by atoms with van der Waals surface area (Å²) in [4.78, 5) is 20.9. The van der Waals surface area contributed by atoms with Gasteiger partial charge in [0.1, 0.15) is 11.3 Å². The van der Waals surface area contributed by atoms with Gasteiger partial charge < -0.3 is 27.2 Å². The third kappa shape index (κ3) is 4.86. The molecule has 27 heavy (non-hydrogen) atoms. The number of benzene rings is 1. The van der Waals surface area contributed by atoms with Gasteiger partial charge in [-0.1, -0.05) is 6.07 Å². The van der Waals surface area contributed by atoms with Crippen molar-refractivity contribution < 1.29 is 26.7 Å². The van der Waals surface area contributed by atoms with Crippen LogP contribution in [0.15, 0.2) is 48.9 Å². The van der Waals surface area contributed by atoms with Crippen LogP contribution in [0.25, 0.3) is 10.9 Å². The second-order valence-corrected chi connectivity index (χ2v) is 5.59. The molecule has 0 unspecified atom stereocenters. The lowest BCUT2D eigenvalue weighted by molar-refractivity contribution is -0.0000240. The summed E-state index contributed by atoms with van der Waals surface area (Å²) in [6.45, 7) is 5.10. The highest BCUT2D eigenvalue weighted by Crippen LogP contribution is 2.30. The van der Waals surface area contributed by atoms with E-state index in [0.717, 1.165) is 22.2 Å². The minimum absolute atomic E-state index is 0. The van der Waals surface area contributed by atoms with Crippen molar-refractivity contribution in [3.05, 3.63) is 60.0 Å². The lowest BCUT2D eigenvalue weighted by Gasteiger charge is -2.15. The van der Waals surface area contributed by atoms with Crippen LogP contribution in [0.1, 0.15) is 29.8 Å². The first-order valence-electron chi connectivity index (χ1n) is 8.58. The average Bonchev–Trinajstić information content (AvgIpc) is 2.67. The van der Waals surface area contributed by atoms with E-state index in [2.05, 4.69) is 15.3 Å². The highest BCUT2D eigenvalue weighted by molar-refractivity contribution is 6.05. The summed E-state index contributed by atoms with van der Waals surface area (Å²) >= 11 is 0. The number of esters is 1. The molecule has 0 saturated carbocycles. The smallest absolute Gasteiger partial charge is 0.341 e. The van der Waals surface area contributed by atoms with Crippen LogP contribution >= 0.6 is 0 Å². The van der Waals surface area contributed by atoms with E-state index >= 15 is 0 Å². The number of halogens is 1. The number of rotatable bonds is 7.